The van der Waals surface area contributed by atoms with Gasteiger partial charge in [-0.05, 0) is 37.3 Å². The van der Waals surface area contributed by atoms with Crippen molar-refractivity contribution >= 4 is 27.3 Å². The molecule has 0 aliphatic carbocycles. The van der Waals surface area contributed by atoms with Crippen LogP contribution in [0, 0.1) is 5.92 Å². The highest BCUT2D eigenvalue weighted by Crippen LogP contribution is 2.23. The summed E-state index contributed by atoms with van der Waals surface area (Å²) in [6.07, 6.45) is 4.74. The molecule has 1 amide bonds. The van der Waals surface area contributed by atoms with Crippen LogP contribution >= 0.6 is 11.3 Å². The zero-order valence-electron chi connectivity index (χ0n) is 12.2. The van der Waals surface area contributed by atoms with Gasteiger partial charge in [0.1, 0.15) is 4.21 Å². The Balaban J connectivity index is 1.96. The molecule has 5 nitrogen and oxygen atoms in total. The number of hydrogen-bond acceptors (Lipinski definition) is 4. The van der Waals surface area contributed by atoms with Crippen LogP contribution in [0.4, 0.5) is 0 Å². The lowest BCUT2D eigenvalue weighted by atomic mass is 9.98. The van der Waals surface area contributed by atoms with E-state index in [-0.39, 0.29) is 16.5 Å². The summed E-state index contributed by atoms with van der Waals surface area (Å²) in [5, 5.41) is 5.08. The fourth-order valence-corrected chi connectivity index (χ4v) is 4.46. The Bertz CT molecular complexity index is 595. The number of thiophene rings is 1. The first-order chi connectivity index (χ1) is 9.90. The first kappa shape index (κ1) is 16.5. The average molecular weight is 330 g/mol. The van der Waals surface area contributed by atoms with Crippen molar-refractivity contribution in [2.45, 2.75) is 43.2 Å². The molecule has 7 heteroatoms. The van der Waals surface area contributed by atoms with E-state index in [4.69, 9.17) is 5.14 Å². The number of hydrogen-bond donors (Lipinski definition) is 1. The molecule has 1 aromatic heterocycles. The number of likely N-dealkylation sites (tertiary alicyclic amines) is 1. The third-order valence-corrected chi connectivity index (χ3v) is 6.54. The molecule has 0 bridgehead atoms. The number of nitrogens with zero attached hydrogens (tertiary/aromatic N) is 1. The SMILES string of the molecule is CCC1CCCN(C(=O)Cc2ccc(S(N)(=O)=O)s2)CC1. The fraction of sp³-hybridized carbons (Fsp3) is 0.643. The first-order valence-electron chi connectivity index (χ1n) is 7.29. The summed E-state index contributed by atoms with van der Waals surface area (Å²) in [6.45, 7) is 3.82. The predicted molar refractivity (Wildman–Crippen MR) is 83.6 cm³/mol. The normalized spacial score (nSPS) is 20.3. The summed E-state index contributed by atoms with van der Waals surface area (Å²) in [5.41, 5.74) is 0. The van der Waals surface area contributed by atoms with Crippen molar-refractivity contribution in [3.05, 3.63) is 17.0 Å². The van der Waals surface area contributed by atoms with E-state index in [1.165, 1.54) is 18.9 Å². The Hall–Kier alpha value is -0.920. The second kappa shape index (κ2) is 6.89. The van der Waals surface area contributed by atoms with Crippen molar-refractivity contribution in [1.29, 1.82) is 0 Å². The quantitative estimate of drug-likeness (QED) is 0.916. The largest absolute Gasteiger partial charge is 0.342 e. The van der Waals surface area contributed by atoms with Crippen LogP contribution < -0.4 is 5.14 Å². The van der Waals surface area contributed by atoms with E-state index in [2.05, 4.69) is 6.92 Å². The van der Waals surface area contributed by atoms with Gasteiger partial charge in [-0.25, -0.2) is 13.6 Å². The van der Waals surface area contributed by atoms with Crippen molar-refractivity contribution in [3.63, 3.8) is 0 Å². The minimum atomic E-state index is -3.67. The molecule has 1 atom stereocenters. The number of sulfonamides is 1. The van der Waals surface area contributed by atoms with Crippen LogP contribution in [0.5, 0.6) is 0 Å². The lowest BCUT2D eigenvalue weighted by Crippen LogP contribution is -2.33. The highest BCUT2D eigenvalue weighted by molar-refractivity contribution is 7.91. The lowest BCUT2D eigenvalue weighted by Gasteiger charge is -2.20. The molecule has 1 fully saturated rings. The van der Waals surface area contributed by atoms with E-state index >= 15 is 0 Å². The average Bonchev–Trinajstić information content (AvgIpc) is 2.75. The van der Waals surface area contributed by atoms with Gasteiger partial charge in [0.25, 0.3) is 0 Å². The Kier molecular flexibility index (Phi) is 5.40. The zero-order chi connectivity index (χ0) is 15.5. The van der Waals surface area contributed by atoms with E-state index in [9.17, 15) is 13.2 Å². The lowest BCUT2D eigenvalue weighted by molar-refractivity contribution is -0.130. The second-order valence-electron chi connectivity index (χ2n) is 5.53. The van der Waals surface area contributed by atoms with Crippen LogP contribution in [0.25, 0.3) is 0 Å². The van der Waals surface area contributed by atoms with Gasteiger partial charge in [-0.1, -0.05) is 13.3 Å². The number of nitrogens with two attached hydrogens (primary N) is 1. The van der Waals surface area contributed by atoms with Crippen molar-refractivity contribution in [1.82, 2.24) is 4.90 Å². The van der Waals surface area contributed by atoms with Crippen molar-refractivity contribution in [3.8, 4) is 0 Å². The topological polar surface area (TPSA) is 80.5 Å². The van der Waals surface area contributed by atoms with Crippen LogP contribution in [0.15, 0.2) is 16.3 Å². The highest BCUT2D eigenvalue weighted by atomic mass is 32.2. The second-order valence-corrected chi connectivity index (χ2v) is 8.49. The molecule has 2 N–H and O–H groups in total. The van der Waals surface area contributed by atoms with Gasteiger partial charge in [-0.15, -0.1) is 11.3 Å². The number of carbonyl (C=O) groups is 1. The Labute approximate surface area is 130 Å². The standard InChI is InChI=1S/C14H22N2O3S2/c1-2-11-4-3-8-16(9-7-11)13(17)10-12-5-6-14(20-12)21(15,18)19/h5-6,11H,2-4,7-10H2,1H3,(H2,15,18,19). The molecule has 0 spiro atoms. The molecule has 2 heterocycles. The Morgan fingerprint density at radius 2 is 2.14 bits per heavy atom. The number of amides is 1. The van der Waals surface area contributed by atoms with Gasteiger partial charge in [0.15, 0.2) is 0 Å². The van der Waals surface area contributed by atoms with E-state index in [1.807, 2.05) is 4.90 Å². The van der Waals surface area contributed by atoms with E-state index in [0.717, 1.165) is 48.1 Å². The van der Waals surface area contributed by atoms with Gasteiger partial charge in [-0.3, -0.25) is 4.79 Å². The molecule has 1 aliphatic heterocycles. The van der Waals surface area contributed by atoms with E-state index in [0.29, 0.717) is 0 Å². The van der Waals surface area contributed by atoms with Crippen molar-refractivity contribution in [2.75, 3.05) is 13.1 Å². The molecule has 1 aliphatic rings. The van der Waals surface area contributed by atoms with Gasteiger partial charge in [0, 0.05) is 18.0 Å². The summed E-state index contributed by atoms with van der Waals surface area (Å²) in [5.74, 6) is 0.799. The monoisotopic (exact) mass is 330 g/mol. The summed E-state index contributed by atoms with van der Waals surface area (Å²) < 4.78 is 22.6. The minimum absolute atomic E-state index is 0.0783. The third-order valence-electron chi connectivity index (χ3n) is 4.02. The van der Waals surface area contributed by atoms with Crippen molar-refractivity contribution in [2.24, 2.45) is 11.1 Å². The maximum absolute atomic E-state index is 12.3. The fourth-order valence-electron chi connectivity index (χ4n) is 2.69. The molecule has 118 valence electrons. The van der Waals surface area contributed by atoms with Gasteiger partial charge in [-0.2, -0.15) is 0 Å². The molecule has 1 unspecified atom stereocenters. The van der Waals surface area contributed by atoms with E-state index < -0.39 is 10.0 Å². The minimum Gasteiger partial charge on any atom is -0.342 e. The third kappa shape index (κ3) is 4.52. The van der Waals surface area contributed by atoms with Gasteiger partial charge < -0.3 is 4.90 Å². The van der Waals surface area contributed by atoms with Gasteiger partial charge >= 0.3 is 0 Å². The van der Waals surface area contributed by atoms with Crippen LogP contribution in [0.1, 0.15) is 37.5 Å². The van der Waals surface area contributed by atoms with Crippen LogP contribution in [-0.4, -0.2) is 32.3 Å². The maximum atomic E-state index is 12.3. The van der Waals surface area contributed by atoms with Crippen LogP contribution in [0.3, 0.4) is 0 Å². The predicted octanol–water partition coefficient (Wildman–Crippen LogP) is 1.98. The molecule has 2 rings (SSSR count). The molecule has 0 aromatic carbocycles. The molecule has 1 aromatic rings. The molecule has 0 saturated carbocycles. The van der Waals surface area contributed by atoms with Gasteiger partial charge in [0.2, 0.25) is 15.9 Å². The number of carbonyl (C=O) groups excluding carboxylic acids is 1. The summed E-state index contributed by atoms with van der Waals surface area (Å²) >= 11 is 1.08. The number of rotatable bonds is 4. The zero-order valence-corrected chi connectivity index (χ0v) is 13.9. The molecular weight excluding hydrogens is 308 g/mol. The van der Waals surface area contributed by atoms with Crippen molar-refractivity contribution < 1.29 is 13.2 Å². The molecule has 1 saturated heterocycles. The Morgan fingerprint density at radius 1 is 1.38 bits per heavy atom. The first-order valence-corrected chi connectivity index (χ1v) is 9.65. The Morgan fingerprint density at radius 3 is 2.76 bits per heavy atom. The van der Waals surface area contributed by atoms with E-state index in [1.54, 1.807) is 6.07 Å². The molecule has 0 radical (unpaired) electrons. The summed E-state index contributed by atoms with van der Waals surface area (Å²) in [7, 11) is -3.67. The van der Waals surface area contributed by atoms with Gasteiger partial charge in [0.05, 0.1) is 6.42 Å². The molecular formula is C14H22N2O3S2. The van der Waals surface area contributed by atoms with Crippen LogP contribution in [0.2, 0.25) is 0 Å². The highest BCUT2D eigenvalue weighted by Gasteiger charge is 2.21. The summed E-state index contributed by atoms with van der Waals surface area (Å²) in [4.78, 5) is 15.0. The van der Waals surface area contributed by atoms with Crippen LogP contribution in [-0.2, 0) is 21.2 Å². The maximum Gasteiger partial charge on any atom is 0.247 e. The molecule has 21 heavy (non-hydrogen) atoms. The number of primary sulfonamides is 1. The smallest absolute Gasteiger partial charge is 0.247 e. The summed E-state index contributed by atoms with van der Waals surface area (Å²) in [6, 6.07) is 3.15.